The highest BCUT2D eigenvalue weighted by atomic mass is 35.5. The number of fused-ring (bicyclic) bond motifs is 2. The second-order valence-electron chi connectivity index (χ2n) is 4.80. The molecule has 3 nitrogen and oxygen atoms in total. The molecule has 1 aromatic carbocycles. The summed E-state index contributed by atoms with van der Waals surface area (Å²) in [4.78, 5) is 4.25. The van der Waals surface area contributed by atoms with Crippen LogP contribution in [0.25, 0.3) is 12.2 Å². The summed E-state index contributed by atoms with van der Waals surface area (Å²) in [5.41, 5.74) is 4.19. The lowest BCUT2D eigenvalue weighted by Gasteiger charge is -2.15. The van der Waals surface area contributed by atoms with Crippen molar-refractivity contribution >= 4 is 23.8 Å². The fourth-order valence-corrected chi connectivity index (χ4v) is 2.62. The summed E-state index contributed by atoms with van der Waals surface area (Å²) in [7, 11) is 0. The number of hydrogen-bond donors (Lipinski definition) is 2. The molecule has 0 fully saturated rings. The lowest BCUT2D eigenvalue weighted by molar-refractivity contribution is 0.219. The molecule has 2 aromatic rings. The second kappa shape index (κ2) is 5.37. The molecule has 3 rings (SSSR count). The topological polar surface area (TPSA) is 53.4 Å². The maximum absolute atomic E-state index is 10.6. The van der Waals surface area contributed by atoms with Gasteiger partial charge in [0.05, 0.1) is 10.7 Å². The average molecular weight is 288 g/mol. The number of halogens is 1. The van der Waals surface area contributed by atoms with E-state index in [1.165, 1.54) is 0 Å². The summed E-state index contributed by atoms with van der Waals surface area (Å²) in [5, 5.41) is 20.2. The first-order valence-electron chi connectivity index (χ1n) is 6.44. The van der Waals surface area contributed by atoms with E-state index in [0.717, 1.165) is 22.4 Å². The van der Waals surface area contributed by atoms with Gasteiger partial charge in [-0.25, -0.2) is 0 Å². The van der Waals surface area contributed by atoms with E-state index in [4.69, 9.17) is 16.7 Å². The first-order chi connectivity index (χ1) is 9.69. The number of rotatable bonds is 2. The maximum Gasteiger partial charge on any atom is 0.107 e. The van der Waals surface area contributed by atoms with Crippen molar-refractivity contribution in [3.8, 4) is 0 Å². The molecule has 1 aliphatic rings. The molecule has 0 aliphatic heterocycles. The molecule has 0 bridgehead atoms. The van der Waals surface area contributed by atoms with Gasteiger partial charge in [0.25, 0.3) is 0 Å². The van der Waals surface area contributed by atoms with Gasteiger partial charge in [-0.3, -0.25) is 4.98 Å². The van der Waals surface area contributed by atoms with E-state index in [1.807, 2.05) is 30.4 Å². The monoisotopic (exact) mass is 287 g/mol. The van der Waals surface area contributed by atoms with Gasteiger partial charge in [-0.1, -0.05) is 35.9 Å². The zero-order chi connectivity index (χ0) is 14.1. The number of aromatic nitrogens is 1. The lowest BCUT2D eigenvalue weighted by Crippen LogP contribution is -2.05. The van der Waals surface area contributed by atoms with E-state index >= 15 is 0 Å². The molecule has 0 radical (unpaired) electrons. The van der Waals surface area contributed by atoms with Crippen LogP contribution in [0.4, 0.5) is 0 Å². The first-order valence-corrected chi connectivity index (χ1v) is 6.82. The maximum atomic E-state index is 10.6. The van der Waals surface area contributed by atoms with Gasteiger partial charge in [0.1, 0.15) is 6.10 Å². The van der Waals surface area contributed by atoms with E-state index in [9.17, 15) is 5.11 Å². The zero-order valence-electron chi connectivity index (χ0n) is 10.8. The van der Waals surface area contributed by atoms with Crippen LogP contribution >= 0.6 is 11.6 Å². The Kier molecular flexibility index (Phi) is 3.57. The molecule has 20 heavy (non-hydrogen) atoms. The molecule has 1 atom stereocenters. The van der Waals surface area contributed by atoms with Crippen molar-refractivity contribution < 1.29 is 10.2 Å². The molecule has 4 heteroatoms. The Morgan fingerprint density at radius 2 is 2.00 bits per heavy atom. The molecule has 1 aromatic heterocycles. The van der Waals surface area contributed by atoms with Crippen LogP contribution in [0.5, 0.6) is 0 Å². The van der Waals surface area contributed by atoms with Gasteiger partial charge in [-0.05, 0) is 35.3 Å². The van der Waals surface area contributed by atoms with Crippen molar-refractivity contribution in [1.82, 2.24) is 4.98 Å². The molecule has 0 amide bonds. The molecule has 1 unspecified atom stereocenters. The normalized spacial score (nSPS) is 16.4. The quantitative estimate of drug-likeness (QED) is 0.893. The first kappa shape index (κ1) is 13.3. The molecule has 0 saturated heterocycles. The van der Waals surface area contributed by atoms with Crippen LogP contribution in [-0.2, 0) is 6.42 Å². The Balaban J connectivity index is 2.13. The van der Waals surface area contributed by atoms with Crippen molar-refractivity contribution in [1.29, 1.82) is 0 Å². The van der Waals surface area contributed by atoms with Crippen LogP contribution < -0.4 is 0 Å². The highest BCUT2D eigenvalue weighted by Gasteiger charge is 2.20. The Hall–Kier alpha value is -1.68. The molecule has 0 spiro atoms. The van der Waals surface area contributed by atoms with Gasteiger partial charge in [0.15, 0.2) is 0 Å². The van der Waals surface area contributed by atoms with Gasteiger partial charge in [-0.2, -0.15) is 0 Å². The Morgan fingerprint density at radius 3 is 2.80 bits per heavy atom. The van der Waals surface area contributed by atoms with Gasteiger partial charge in [-0.15, -0.1) is 0 Å². The smallest absolute Gasteiger partial charge is 0.107 e. The number of aliphatic hydroxyl groups excluding tert-OH is 2. The van der Waals surface area contributed by atoms with Crippen LogP contribution in [0.15, 0.2) is 30.5 Å². The minimum Gasteiger partial charge on any atom is -0.396 e. The second-order valence-corrected chi connectivity index (χ2v) is 5.24. The molecule has 102 valence electrons. The van der Waals surface area contributed by atoms with Gasteiger partial charge in [0.2, 0.25) is 0 Å². The third-order valence-corrected chi connectivity index (χ3v) is 3.68. The van der Waals surface area contributed by atoms with Crippen molar-refractivity contribution in [2.75, 3.05) is 6.61 Å². The summed E-state index contributed by atoms with van der Waals surface area (Å²) in [6.07, 6.45) is 5.20. The number of hydrogen-bond acceptors (Lipinski definition) is 3. The van der Waals surface area contributed by atoms with Crippen molar-refractivity contribution in [2.24, 2.45) is 0 Å². The van der Waals surface area contributed by atoms with Crippen LogP contribution in [0.3, 0.4) is 0 Å². The van der Waals surface area contributed by atoms with Crippen LogP contribution in [0, 0.1) is 0 Å². The van der Waals surface area contributed by atoms with E-state index in [0.29, 0.717) is 17.0 Å². The van der Waals surface area contributed by atoms with Gasteiger partial charge in [0, 0.05) is 18.4 Å². The van der Waals surface area contributed by atoms with E-state index < -0.39 is 6.10 Å². The summed E-state index contributed by atoms with van der Waals surface area (Å²) >= 11 is 5.97. The predicted octanol–water partition coefficient (Wildman–Crippen LogP) is 2.84. The molecule has 0 saturated carbocycles. The summed E-state index contributed by atoms with van der Waals surface area (Å²) in [5.74, 6) is 0. The van der Waals surface area contributed by atoms with Crippen molar-refractivity contribution in [2.45, 2.75) is 12.5 Å². The minimum atomic E-state index is -0.764. The molecule has 2 N–H and O–H groups in total. The highest BCUT2D eigenvalue weighted by Crippen LogP contribution is 2.33. The molecular formula is C16H14ClNO2. The van der Waals surface area contributed by atoms with Crippen LogP contribution in [0.2, 0.25) is 5.02 Å². The standard InChI is InChI=1S/C16H14ClNO2/c17-12-8-14-15(18-9-12)4-3-11-2-1-10(5-6-19)7-13(11)16(14)20/h1-4,7-9,16,19-20H,5-6H2. The zero-order valence-corrected chi connectivity index (χ0v) is 11.5. The minimum absolute atomic E-state index is 0.0920. The fraction of sp³-hybridized carbons (Fsp3) is 0.188. The summed E-state index contributed by atoms with van der Waals surface area (Å²) in [6.45, 7) is 0.0920. The molecular weight excluding hydrogens is 274 g/mol. The SMILES string of the molecule is OCCc1ccc2c(c1)C(O)c1cc(Cl)cnc1C=C2. The third kappa shape index (κ3) is 2.36. The third-order valence-electron chi connectivity index (χ3n) is 3.48. The van der Waals surface area contributed by atoms with Gasteiger partial charge < -0.3 is 10.2 Å². The van der Waals surface area contributed by atoms with Gasteiger partial charge >= 0.3 is 0 Å². The summed E-state index contributed by atoms with van der Waals surface area (Å²) < 4.78 is 0. The van der Waals surface area contributed by atoms with E-state index in [1.54, 1.807) is 12.3 Å². The number of nitrogens with zero attached hydrogens (tertiary/aromatic N) is 1. The Morgan fingerprint density at radius 1 is 1.15 bits per heavy atom. The number of pyridine rings is 1. The number of benzene rings is 1. The van der Waals surface area contributed by atoms with E-state index in [-0.39, 0.29) is 6.61 Å². The molecule has 1 aliphatic carbocycles. The predicted molar refractivity (Wildman–Crippen MR) is 79.5 cm³/mol. The number of aliphatic hydroxyl groups is 2. The van der Waals surface area contributed by atoms with Crippen LogP contribution in [0.1, 0.15) is 34.1 Å². The Labute approximate surface area is 122 Å². The average Bonchev–Trinajstić information content (AvgIpc) is 2.58. The van der Waals surface area contributed by atoms with Crippen molar-refractivity contribution in [3.05, 3.63) is 63.4 Å². The molecule has 1 heterocycles. The lowest BCUT2D eigenvalue weighted by atomic mass is 9.95. The van der Waals surface area contributed by atoms with Crippen molar-refractivity contribution in [3.63, 3.8) is 0 Å². The van der Waals surface area contributed by atoms with E-state index in [2.05, 4.69) is 4.98 Å². The highest BCUT2D eigenvalue weighted by molar-refractivity contribution is 6.30. The largest absolute Gasteiger partial charge is 0.396 e. The van der Waals surface area contributed by atoms with Crippen LogP contribution in [-0.4, -0.2) is 21.8 Å². The summed E-state index contributed by atoms with van der Waals surface area (Å²) in [6, 6.07) is 7.58. The fourth-order valence-electron chi connectivity index (χ4n) is 2.46. The Bertz CT molecular complexity index is 682.